The highest BCUT2D eigenvalue weighted by molar-refractivity contribution is 9.10. The van der Waals surface area contributed by atoms with Gasteiger partial charge in [0, 0.05) is 47.5 Å². The molecule has 2 heterocycles. The van der Waals surface area contributed by atoms with E-state index in [0.717, 1.165) is 32.7 Å². The summed E-state index contributed by atoms with van der Waals surface area (Å²) < 4.78 is 7.01. The SMILES string of the molecule is C[C@@H]1CN(Cc2ccccc2CNCc2cc(Br)cs2)C[C@@H](C)O1. The summed E-state index contributed by atoms with van der Waals surface area (Å²) in [6, 6.07) is 10.9. The summed E-state index contributed by atoms with van der Waals surface area (Å²) >= 11 is 5.30. The van der Waals surface area contributed by atoms with Crippen LogP contribution in [0.2, 0.25) is 0 Å². The molecule has 24 heavy (non-hydrogen) atoms. The maximum atomic E-state index is 5.84. The largest absolute Gasteiger partial charge is 0.373 e. The number of rotatable bonds is 6. The van der Waals surface area contributed by atoms with Crippen molar-refractivity contribution in [3.8, 4) is 0 Å². The minimum absolute atomic E-state index is 0.316. The van der Waals surface area contributed by atoms with Gasteiger partial charge in [0.2, 0.25) is 0 Å². The molecule has 1 aliphatic rings. The number of morpholine rings is 1. The van der Waals surface area contributed by atoms with Crippen LogP contribution >= 0.6 is 27.3 Å². The van der Waals surface area contributed by atoms with E-state index >= 15 is 0 Å². The molecule has 0 unspecified atom stereocenters. The maximum Gasteiger partial charge on any atom is 0.0678 e. The quantitative estimate of drug-likeness (QED) is 0.765. The Bertz CT molecular complexity index is 650. The molecule has 0 spiro atoms. The molecule has 0 bridgehead atoms. The molecule has 1 fully saturated rings. The van der Waals surface area contributed by atoms with Crippen LogP contribution in [-0.4, -0.2) is 30.2 Å². The molecular weight excluding hydrogens is 384 g/mol. The van der Waals surface area contributed by atoms with Crippen LogP contribution in [0.25, 0.3) is 0 Å². The number of halogens is 1. The van der Waals surface area contributed by atoms with Gasteiger partial charge in [-0.2, -0.15) is 0 Å². The van der Waals surface area contributed by atoms with Crippen LogP contribution in [0.15, 0.2) is 40.2 Å². The predicted molar refractivity (Wildman–Crippen MR) is 104 cm³/mol. The summed E-state index contributed by atoms with van der Waals surface area (Å²) in [5.41, 5.74) is 2.80. The highest BCUT2D eigenvalue weighted by atomic mass is 79.9. The Balaban J connectivity index is 1.58. The molecule has 0 aliphatic carbocycles. The average Bonchev–Trinajstić information content (AvgIpc) is 2.93. The molecule has 1 saturated heterocycles. The van der Waals surface area contributed by atoms with Gasteiger partial charge in [0.25, 0.3) is 0 Å². The van der Waals surface area contributed by atoms with E-state index < -0.39 is 0 Å². The summed E-state index contributed by atoms with van der Waals surface area (Å²) in [6.07, 6.45) is 0.632. The van der Waals surface area contributed by atoms with Gasteiger partial charge in [-0.15, -0.1) is 11.3 Å². The first-order valence-electron chi connectivity index (χ1n) is 8.48. The number of benzene rings is 1. The Morgan fingerprint density at radius 2 is 1.88 bits per heavy atom. The number of ether oxygens (including phenoxy) is 1. The monoisotopic (exact) mass is 408 g/mol. The van der Waals surface area contributed by atoms with E-state index in [2.05, 4.69) is 75.7 Å². The maximum absolute atomic E-state index is 5.84. The van der Waals surface area contributed by atoms with E-state index in [4.69, 9.17) is 4.74 Å². The van der Waals surface area contributed by atoms with Crippen LogP contribution in [0.1, 0.15) is 29.9 Å². The summed E-state index contributed by atoms with van der Waals surface area (Å²) in [4.78, 5) is 3.86. The highest BCUT2D eigenvalue weighted by Crippen LogP contribution is 2.20. The van der Waals surface area contributed by atoms with Gasteiger partial charge in [-0.05, 0) is 47.0 Å². The third-order valence-electron chi connectivity index (χ3n) is 4.24. The van der Waals surface area contributed by atoms with Gasteiger partial charge in [0.05, 0.1) is 12.2 Å². The molecule has 1 aliphatic heterocycles. The predicted octanol–water partition coefficient (Wildman–Crippen LogP) is 4.41. The standard InChI is InChI=1S/C19H25BrN2OS/c1-14-10-22(11-15(2)23-14)12-17-6-4-3-5-16(17)8-21-9-19-7-18(20)13-24-19/h3-7,13-15,21H,8-12H2,1-2H3/t14-,15-/m1/s1. The fourth-order valence-corrected chi connectivity index (χ4v) is 4.73. The van der Waals surface area contributed by atoms with Gasteiger partial charge in [0.15, 0.2) is 0 Å². The average molecular weight is 409 g/mol. The molecule has 2 atom stereocenters. The number of hydrogen-bond acceptors (Lipinski definition) is 4. The molecule has 5 heteroatoms. The van der Waals surface area contributed by atoms with Crippen molar-refractivity contribution in [1.29, 1.82) is 0 Å². The molecule has 1 aromatic heterocycles. The van der Waals surface area contributed by atoms with Crippen molar-refractivity contribution in [3.63, 3.8) is 0 Å². The molecule has 0 amide bonds. The fourth-order valence-electron chi connectivity index (χ4n) is 3.31. The number of nitrogens with zero attached hydrogens (tertiary/aromatic N) is 1. The topological polar surface area (TPSA) is 24.5 Å². The third-order valence-corrected chi connectivity index (χ3v) is 5.94. The Morgan fingerprint density at radius 3 is 2.54 bits per heavy atom. The van der Waals surface area contributed by atoms with E-state index in [1.165, 1.54) is 20.5 Å². The Labute approximate surface area is 157 Å². The van der Waals surface area contributed by atoms with Crippen molar-refractivity contribution in [2.24, 2.45) is 0 Å². The van der Waals surface area contributed by atoms with Crippen LogP contribution < -0.4 is 5.32 Å². The van der Waals surface area contributed by atoms with Crippen molar-refractivity contribution in [3.05, 3.63) is 56.2 Å². The molecule has 3 nitrogen and oxygen atoms in total. The van der Waals surface area contributed by atoms with Gasteiger partial charge < -0.3 is 10.1 Å². The zero-order valence-electron chi connectivity index (χ0n) is 14.3. The second-order valence-corrected chi connectivity index (χ2v) is 8.47. The number of nitrogens with one attached hydrogen (secondary N) is 1. The molecule has 1 N–H and O–H groups in total. The molecule has 2 aromatic rings. The summed E-state index contributed by atoms with van der Waals surface area (Å²) in [5.74, 6) is 0. The van der Waals surface area contributed by atoms with Gasteiger partial charge in [-0.1, -0.05) is 24.3 Å². The first-order chi connectivity index (χ1) is 11.6. The Hall–Kier alpha value is -0.720. The molecule has 130 valence electrons. The summed E-state index contributed by atoms with van der Waals surface area (Å²) in [7, 11) is 0. The van der Waals surface area contributed by atoms with Gasteiger partial charge in [-0.3, -0.25) is 4.90 Å². The van der Waals surface area contributed by atoms with E-state index in [9.17, 15) is 0 Å². The van der Waals surface area contributed by atoms with E-state index in [0.29, 0.717) is 12.2 Å². The molecule has 1 aromatic carbocycles. The molecule has 3 rings (SSSR count). The van der Waals surface area contributed by atoms with Crippen molar-refractivity contribution in [2.45, 2.75) is 45.7 Å². The lowest BCUT2D eigenvalue weighted by Crippen LogP contribution is -2.45. The van der Waals surface area contributed by atoms with Crippen molar-refractivity contribution in [1.82, 2.24) is 10.2 Å². The third kappa shape index (κ3) is 5.14. The van der Waals surface area contributed by atoms with Crippen molar-refractivity contribution >= 4 is 27.3 Å². The van der Waals surface area contributed by atoms with Gasteiger partial charge >= 0.3 is 0 Å². The number of hydrogen-bond donors (Lipinski definition) is 1. The second-order valence-electron chi connectivity index (χ2n) is 6.55. The fraction of sp³-hybridized carbons (Fsp3) is 0.474. The van der Waals surface area contributed by atoms with Crippen LogP contribution in [0.5, 0.6) is 0 Å². The Morgan fingerprint density at radius 1 is 1.17 bits per heavy atom. The highest BCUT2D eigenvalue weighted by Gasteiger charge is 2.22. The van der Waals surface area contributed by atoms with Gasteiger partial charge in [-0.25, -0.2) is 0 Å². The number of thiophene rings is 1. The smallest absolute Gasteiger partial charge is 0.0678 e. The molecule has 0 radical (unpaired) electrons. The van der Waals surface area contributed by atoms with Crippen LogP contribution in [0.4, 0.5) is 0 Å². The lowest BCUT2D eigenvalue weighted by atomic mass is 10.1. The van der Waals surface area contributed by atoms with Crippen LogP contribution in [-0.2, 0) is 24.4 Å². The van der Waals surface area contributed by atoms with Crippen molar-refractivity contribution in [2.75, 3.05) is 13.1 Å². The first kappa shape index (κ1) is 18.1. The van der Waals surface area contributed by atoms with Crippen molar-refractivity contribution < 1.29 is 4.74 Å². The summed E-state index contributed by atoms with van der Waals surface area (Å²) in [6.45, 7) is 9.16. The lowest BCUT2D eigenvalue weighted by Gasteiger charge is -2.35. The van der Waals surface area contributed by atoms with Crippen LogP contribution in [0, 0.1) is 0 Å². The Kier molecular flexibility index (Phi) is 6.47. The zero-order chi connectivity index (χ0) is 16.9. The minimum atomic E-state index is 0.316. The molecule has 0 saturated carbocycles. The van der Waals surface area contributed by atoms with Crippen LogP contribution in [0.3, 0.4) is 0 Å². The van der Waals surface area contributed by atoms with E-state index in [-0.39, 0.29) is 0 Å². The zero-order valence-corrected chi connectivity index (χ0v) is 16.7. The van der Waals surface area contributed by atoms with Gasteiger partial charge in [0.1, 0.15) is 0 Å². The normalized spacial score (nSPS) is 22.0. The second kappa shape index (κ2) is 8.59. The summed E-state index contributed by atoms with van der Waals surface area (Å²) in [5, 5.41) is 5.70. The van der Waals surface area contributed by atoms with E-state index in [1.807, 2.05) is 0 Å². The first-order valence-corrected chi connectivity index (χ1v) is 10.2. The van der Waals surface area contributed by atoms with E-state index in [1.54, 1.807) is 11.3 Å². The lowest BCUT2D eigenvalue weighted by molar-refractivity contribution is -0.0705. The minimum Gasteiger partial charge on any atom is -0.373 e. The molecular formula is C19H25BrN2OS.